The summed E-state index contributed by atoms with van der Waals surface area (Å²) in [5, 5.41) is 9.04. The molecule has 1 aliphatic rings. The van der Waals surface area contributed by atoms with E-state index < -0.39 is 0 Å². The van der Waals surface area contributed by atoms with Gasteiger partial charge >= 0.3 is 6.03 Å². The summed E-state index contributed by atoms with van der Waals surface area (Å²) in [6, 6.07) is 0.193. The molecule has 6 heteroatoms. The standard InChI is InChI=1S/C16H27N3O2S/c1-11(2)21-14-6-4-13(5-7-14)19-16(20)18-10-12(3)15-17-8-9-22-15/h8-9,11-14H,4-7,10H2,1-3H3,(H2,18,19,20). The van der Waals surface area contributed by atoms with Crippen LogP contribution in [0.25, 0.3) is 0 Å². The lowest BCUT2D eigenvalue weighted by atomic mass is 9.93. The molecular formula is C16H27N3O2S. The second-order valence-electron chi connectivity index (χ2n) is 6.28. The number of aromatic nitrogens is 1. The molecule has 0 aliphatic heterocycles. The number of hydrogen-bond donors (Lipinski definition) is 2. The summed E-state index contributed by atoms with van der Waals surface area (Å²) in [5.74, 6) is 0.251. The van der Waals surface area contributed by atoms with Crippen molar-refractivity contribution in [2.45, 2.75) is 70.6 Å². The minimum Gasteiger partial charge on any atom is -0.376 e. The van der Waals surface area contributed by atoms with Crippen molar-refractivity contribution in [2.24, 2.45) is 0 Å². The molecule has 1 fully saturated rings. The first kappa shape index (κ1) is 17.2. The van der Waals surface area contributed by atoms with E-state index in [1.807, 2.05) is 5.38 Å². The van der Waals surface area contributed by atoms with Gasteiger partial charge in [0, 0.05) is 30.1 Å². The predicted molar refractivity (Wildman–Crippen MR) is 89.3 cm³/mol. The van der Waals surface area contributed by atoms with Crippen molar-refractivity contribution in [1.82, 2.24) is 15.6 Å². The molecule has 2 N–H and O–H groups in total. The molecule has 5 nitrogen and oxygen atoms in total. The van der Waals surface area contributed by atoms with E-state index in [0.717, 1.165) is 30.7 Å². The molecule has 1 heterocycles. The predicted octanol–water partition coefficient (Wildman–Crippen LogP) is 3.28. The number of carbonyl (C=O) groups is 1. The number of carbonyl (C=O) groups excluding carboxylic acids is 1. The molecule has 22 heavy (non-hydrogen) atoms. The fourth-order valence-corrected chi connectivity index (χ4v) is 3.47. The molecule has 1 unspecified atom stereocenters. The van der Waals surface area contributed by atoms with E-state index in [2.05, 4.69) is 36.4 Å². The van der Waals surface area contributed by atoms with E-state index in [1.54, 1.807) is 17.5 Å². The van der Waals surface area contributed by atoms with Crippen LogP contribution in [-0.4, -0.2) is 35.8 Å². The Hall–Kier alpha value is -1.14. The minimum absolute atomic E-state index is 0.0726. The van der Waals surface area contributed by atoms with Gasteiger partial charge in [0.2, 0.25) is 0 Å². The summed E-state index contributed by atoms with van der Waals surface area (Å²) in [4.78, 5) is 16.2. The van der Waals surface area contributed by atoms with Crippen LogP contribution in [0, 0.1) is 0 Å². The van der Waals surface area contributed by atoms with Crippen molar-refractivity contribution in [3.8, 4) is 0 Å². The third-order valence-corrected chi connectivity index (χ3v) is 4.92. The normalized spacial score (nSPS) is 23.3. The average Bonchev–Trinajstić information content (AvgIpc) is 3.00. The first-order valence-corrected chi connectivity index (χ1v) is 9.01. The Morgan fingerprint density at radius 3 is 2.68 bits per heavy atom. The quantitative estimate of drug-likeness (QED) is 0.843. The number of ether oxygens (including phenoxy) is 1. The van der Waals surface area contributed by atoms with Gasteiger partial charge in [-0.25, -0.2) is 9.78 Å². The van der Waals surface area contributed by atoms with Gasteiger partial charge in [-0.1, -0.05) is 6.92 Å². The van der Waals surface area contributed by atoms with Crippen LogP contribution in [0.4, 0.5) is 4.79 Å². The van der Waals surface area contributed by atoms with Gasteiger partial charge in [-0.3, -0.25) is 0 Å². The summed E-state index contributed by atoms with van der Waals surface area (Å²) in [5.41, 5.74) is 0. The van der Waals surface area contributed by atoms with E-state index >= 15 is 0 Å². The van der Waals surface area contributed by atoms with Gasteiger partial charge in [0.05, 0.1) is 17.2 Å². The van der Waals surface area contributed by atoms with E-state index in [4.69, 9.17) is 4.74 Å². The van der Waals surface area contributed by atoms with Crippen LogP contribution in [0.1, 0.15) is 57.4 Å². The van der Waals surface area contributed by atoms with Crippen molar-refractivity contribution in [3.05, 3.63) is 16.6 Å². The highest BCUT2D eigenvalue weighted by Gasteiger charge is 2.23. The number of thiazole rings is 1. The molecule has 1 atom stereocenters. The molecule has 0 aromatic carbocycles. The van der Waals surface area contributed by atoms with Crippen LogP contribution >= 0.6 is 11.3 Å². The Balaban J connectivity index is 1.64. The maximum Gasteiger partial charge on any atom is 0.315 e. The van der Waals surface area contributed by atoms with E-state index in [1.165, 1.54) is 0 Å². The summed E-state index contributed by atoms with van der Waals surface area (Å²) < 4.78 is 5.83. The number of nitrogens with zero attached hydrogens (tertiary/aromatic N) is 1. The van der Waals surface area contributed by atoms with Crippen LogP contribution in [0.2, 0.25) is 0 Å². The molecule has 1 aliphatic carbocycles. The van der Waals surface area contributed by atoms with Gasteiger partial charge in [0.1, 0.15) is 0 Å². The first-order chi connectivity index (χ1) is 10.5. The van der Waals surface area contributed by atoms with E-state index in [-0.39, 0.29) is 24.1 Å². The van der Waals surface area contributed by atoms with Crippen molar-refractivity contribution < 1.29 is 9.53 Å². The largest absolute Gasteiger partial charge is 0.376 e. The monoisotopic (exact) mass is 325 g/mol. The molecule has 124 valence electrons. The average molecular weight is 325 g/mol. The van der Waals surface area contributed by atoms with Crippen molar-refractivity contribution in [3.63, 3.8) is 0 Å². The van der Waals surface area contributed by atoms with Gasteiger partial charge in [0.25, 0.3) is 0 Å². The number of hydrogen-bond acceptors (Lipinski definition) is 4. The lowest BCUT2D eigenvalue weighted by Crippen LogP contribution is -2.45. The van der Waals surface area contributed by atoms with Gasteiger partial charge in [-0.15, -0.1) is 11.3 Å². The second kappa shape index (κ2) is 8.48. The Bertz CT molecular complexity index is 442. The van der Waals surface area contributed by atoms with E-state index in [0.29, 0.717) is 12.6 Å². The van der Waals surface area contributed by atoms with Gasteiger partial charge in [-0.2, -0.15) is 0 Å². The van der Waals surface area contributed by atoms with Gasteiger partial charge in [0.15, 0.2) is 0 Å². The SMILES string of the molecule is CC(C)OC1CCC(NC(=O)NCC(C)c2nccs2)CC1. The zero-order valence-electron chi connectivity index (χ0n) is 13.7. The molecule has 1 saturated carbocycles. The van der Waals surface area contributed by atoms with Gasteiger partial charge in [-0.05, 0) is 39.5 Å². The summed E-state index contributed by atoms with van der Waals surface area (Å²) in [6.07, 6.45) is 6.47. The third-order valence-electron chi connectivity index (χ3n) is 3.92. The smallest absolute Gasteiger partial charge is 0.315 e. The number of rotatable bonds is 6. The molecule has 2 rings (SSSR count). The topological polar surface area (TPSA) is 63.2 Å². The molecule has 2 amide bonds. The first-order valence-electron chi connectivity index (χ1n) is 8.13. The Morgan fingerprint density at radius 1 is 1.36 bits per heavy atom. The lowest BCUT2D eigenvalue weighted by Gasteiger charge is -2.30. The van der Waals surface area contributed by atoms with Crippen molar-refractivity contribution in [1.29, 1.82) is 0 Å². The fourth-order valence-electron chi connectivity index (χ4n) is 2.78. The van der Waals surface area contributed by atoms with E-state index in [9.17, 15) is 4.79 Å². The maximum absolute atomic E-state index is 12.0. The van der Waals surface area contributed by atoms with Gasteiger partial charge < -0.3 is 15.4 Å². The molecular weight excluding hydrogens is 298 g/mol. The molecule has 1 aromatic rings. The van der Waals surface area contributed by atoms with Crippen molar-refractivity contribution >= 4 is 17.4 Å². The number of urea groups is 1. The summed E-state index contributed by atoms with van der Waals surface area (Å²) in [7, 11) is 0. The second-order valence-corrected chi connectivity index (χ2v) is 7.21. The highest BCUT2D eigenvalue weighted by atomic mass is 32.1. The number of amides is 2. The van der Waals surface area contributed by atoms with Crippen LogP contribution in [0.5, 0.6) is 0 Å². The molecule has 0 saturated heterocycles. The zero-order chi connectivity index (χ0) is 15.9. The lowest BCUT2D eigenvalue weighted by molar-refractivity contribution is -0.0155. The summed E-state index contributed by atoms with van der Waals surface area (Å²) >= 11 is 1.63. The van der Waals surface area contributed by atoms with Crippen molar-refractivity contribution in [2.75, 3.05) is 6.54 Å². The van der Waals surface area contributed by atoms with Crippen LogP contribution < -0.4 is 10.6 Å². The maximum atomic E-state index is 12.0. The van der Waals surface area contributed by atoms with Crippen LogP contribution in [-0.2, 0) is 4.74 Å². The zero-order valence-corrected chi connectivity index (χ0v) is 14.5. The molecule has 0 radical (unpaired) electrons. The highest BCUT2D eigenvalue weighted by Crippen LogP contribution is 2.22. The minimum atomic E-state index is -0.0726. The summed E-state index contributed by atoms with van der Waals surface area (Å²) in [6.45, 7) is 6.83. The Morgan fingerprint density at radius 2 is 2.09 bits per heavy atom. The third kappa shape index (κ3) is 5.57. The fraction of sp³-hybridized carbons (Fsp3) is 0.750. The molecule has 0 spiro atoms. The molecule has 0 bridgehead atoms. The number of nitrogens with one attached hydrogen (secondary N) is 2. The molecule has 1 aromatic heterocycles. The Kier molecular flexibility index (Phi) is 6.64. The van der Waals surface area contributed by atoms with Crippen LogP contribution in [0.15, 0.2) is 11.6 Å². The van der Waals surface area contributed by atoms with Crippen LogP contribution in [0.3, 0.4) is 0 Å². The Labute approximate surface area is 136 Å². The highest BCUT2D eigenvalue weighted by molar-refractivity contribution is 7.09.